The molecule has 0 saturated carbocycles. The van der Waals surface area contributed by atoms with Crippen LogP contribution in [0.3, 0.4) is 0 Å². The molecule has 0 bridgehead atoms. The maximum absolute atomic E-state index is 11.6. The lowest BCUT2D eigenvalue weighted by Gasteiger charge is -2.37. The molecule has 0 atom stereocenters. The van der Waals surface area contributed by atoms with Gasteiger partial charge in [0.15, 0.2) is 0 Å². The van der Waals surface area contributed by atoms with E-state index in [0.29, 0.717) is 0 Å². The van der Waals surface area contributed by atoms with Gasteiger partial charge in [-0.1, -0.05) is 0 Å². The van der Waals surface area contributed by atoms with E-state index in [0.717, 1.165) is 38.3 Å². The highest BCUT2D eigenvalue weighted by Gasteiger charge is 2.39. The third kappa shape index (κ3) is 2.46. The van der Waals surface area contributed by atoms with Crippen LogP contribution < -0.4 is 0 Å². The first-order valence-corrected chi connectivity index (χ1v) is 6.29. The number of hydrogen-bond acceptors (Lipinski definition) is 4. The number of rotatable bonds is 2. The molecule has 15 heavy (non-hydrogen) atoms. The molecule has 2 aliphatic rings. The Hall–Kier alpha value is -0.260. The van der Waals surface area contributed by atoms with Crippen LogP contribution in [0.15, 0.2) is 0 Å². The van der Waals surface area contributed by atoms with Gasteiger partial charge in [-0.2, -0.15) is 0 Å². The highest BCUT2D eigenvalue weighted by molar-refractivity contribution is 8.00. The summed E-state index contributed by atoms with van der Waals surface area (Å²) in [5.74, 6) is 1.18. The predicted molar refractivity (Wildman–Crippen MR) is 58.8 cm³/mol. The molecule has 0 aromatic carbocycles. The van der Waals surface area contributed by atoms with Gasteiger partial charge >= 0.3 is 0 Å². The summed E-state index contributed by atoms with van der Waals surface area (Å²) in [5.41, 5.74) is 0. The second-order valence-electron chi connectivity index (χ2n) is 3.92. The Labute approximate surface area is 94.3 Å². The van der Waals surface area contributed by atoms with Gasteiger partial charge in [0.1, 0.15) is 11.5 Å². The van der Waals surface area contributed by atoms with Gasteiger partial charge in [-0.05, 0) is 0 Å². The fourth-order valence-electron chi connectivity index (χ4n) is 2.10. The van der Waals surface area contributed by atoms with E-state index in [4.69, 9.17) is 9.47 Å². The third-order valence-corrected chi connectivity index (χ3v) is 4.38. The summed E-state index contributed by atoms with van der Waals surface area (Å²) < 4.78 is 10.6. The number of piperidine rings is 1. The first-order chi connectivity index (χ1) is 7.26. The monoisotopic (exact) mass is 231 g/mol. The van der Waals surface area contributed by atoms with Crippen molar-refractivity contribution in [3.05, 3.63) is 0 Å². The highest BCUT2D eigenvalue weighted by Crippen LogP contribution is 2.41. The number of carbonyl (C=O) groups excluding carboxylic acids is 1. The third-order valence-electron chi connectivity index (χ3n) is 2.96. The van der Waals surface area contributed by atoms with Crippen LogP contribution >= 0.6 is 11.8 Å². The maximum Gasteiger partial charge on any atom is 0.248 e. The van der Waals surface area contributed by atoms with E-state index in [1.54, 1.807) is 7.11 Å². The number of methoxy groups -OCH3 is 1. The lowest BCUT2D eigenvalue weighted by atomic mass is 10.1. The van der Waals surface area contributed by atoms with Crippen molar-refractivity contribution in [2.45, 2.75) is 17.8 Å². The van der Waals surface area contributed by atoms with E-state index in [9.17, 15) is 4.79 Å². The molecule has 1 amide bonds. The lowest BCUT2D eigenvalue weighted by Crippen LogP contribution is -2.46. The molecular formula is C10H17NO3S. The average Bonchev–Trinajstić information content (AvgIpc) is 2.68. The smallest absolute Gasteiger partial charge is 0.248 e. The predicted octanol–water partition coefficient (Wildman–Crippen LogP) is 0.715. The molecule has 2 aliphatic heterocycles. The molecule has 86 valence electrons. The molecule has 5 heteroatoms. The van der Waals surface area contributed by atoms with Crippen LogP contribution in [0.4, 0.5) is 0 Å². The standard InChI is InChI=1S/C10H17NO3S/c1-13-8-9(12)11-4-2-10(3-5-11)14-6-7-15-10/h2-8H2,1H3. The van der Waals surface area contributed by atoms with Crippen LogP contribution in [0.5, 0.6) is 0 Å². The van der Waals surface area contributed by atoms with Crippen molar-refractivity contribution in [2.75, 3.05) is 39.2 Å². The second-order valence-corrected chi connectivity index (χ2v) is 5.36. The SMILES string of the molecule is COCC(=O)N1CCC2(CC1)OCCS2. The number of thioether (sulfide) groups is 1. The minimum absolute atomic E-state index is 0.0177. The fourth-order valence-corrected chi connectivity index (χ4v) is 3.27. The Morgan fingerprint density at radius 3 is 2.80 bits per heavy atom. The molecule has 4 nitrogen and oxygen atoms in total. The van der Waals surface area contributed by atoms with Crippen molar-refractivity contribution >= 4 is 17.7 Å². The van der Waals surface area contributed by atoms with Crippen molar-refractivity contribution in [1.29, 1.82) is 0 Å². The summed E-state index contributed by atoms with van der Waals surface area (Å²) in [6.07, 6.45) is 1.90. The van der Waals surface area contributed by atoms with E-state index >= 15 is 0 Å². The molecule has 1 spiro atoms. The Bertz CT molecular complexity index is 231. The summed E-state index contributed by atoms with van der Waals surface area (Å²) in [6, 6.07) is 0. The zero-order valence-corrected chi connectivity index (χ0v) is 9.85. The van der Waals surface area contributed by atoms with Crippen LogP contribution in [-0.4, -0.2) is 54.9 Å². The van der Waals surface area contributed by atoms with Crippen LogP contribution in [0.2, 0.25) is 0 Å². The van der Waals surface area contributed by atoms with Gasteiger partial charge in [0.2, 0.25) is 5.91 Å². The van der Waals surface area contributed by atoms with Crippen LogP contribution in [0.25, 0.3) is 0 Å². The van der Waals surface area contributed by atoms with E-state index in [-0.39, 0.29) is 17.4 Å². The normalized spacial score (nSPS) is 24.7. The number of amides is 1. The Balaban J connectivity index is 1.83. The Kier molecular flexibility index (Phi) is 3.53. The average molecular weight is 231 g/mol. The van der Waals surface area contributed by atoms with Crippen molar-refractivity contribution in [2.24, 2.45) is 0 Å². The number of hydrogen-bond donors (Lipinski definition) is 0. The summed E-state index contributed by atoms with van der Waals surface area (Å²) in [5, 5.41) is 0. The van der Waals surface area contributed by atoms with Gasteiger partial charge in [-0.3, -0.25) is 4.79 Å². The van der Waals surface area contributed by atoms with E-state index < -0.39 is 0 Å². The Morgan fingerprint density at radius 1 is 1.53 bits per heavy atom. The molecule has 0 aromatic rings. The van der Waals surface area contributed by atoms with Gasteiger partial charge in [0.05, 0.1) is 6.61 Å². The summed E-state index contributed by atoms with van der Waals surface area (Å²) in [7, 11) is 1.55. The molecule has 0 radical (unpaired) electrons. The Morgan fingerprint density at radius 2 is 2.27 bits per heavy atom. The van der Waals surface area contributed by atoms with Crippen LogP contribution in [0, 0.1) is 0 Å². The second kappa shape index (κ2) is 4.72. The molecule has 2 saturated heterocycles. The van der Waals surface area contributed by atoms with E-state index in [2.05, 4.69) is 0 Å². The van der Waals surface area contributed by atoms with E-state index in [1.807, 2.05) is 16.7 Å². The first-order valence-electron chi connectivity index (χ1n) is 5.30. The van der Waals surface area contributed by atoms with Crippen molar-refractivity contribution in [1.82, 2.24) is 4.90 Å². The van der Waals surface area contributed by atoms with Crippen LogP contribution in [0.1, 0.15) is 12.8 Å². The summed E-state index contributed by atoms with van der Waals surface area (Å²) in [4.78, 5) is 13.4. The number of nitrogens with zero attached hydrogens (tertiary/aromatic N) is 1. The van der Waals surface area contributed by atoms with Gasteiger partial charge in [-0.25, -0.2) is 0 Å². The first kappa shape index (κ1) is 11.2. The molecule has 0 N–H and O–H groups in total. The number of carbonyl (C=O) groups is 1. The molecular weight excluding hydrogens is 214 g/mol. The zero-order valence-electron chi connectivity index (χ0n) is 9.03. The van der Waals surface area contributed by atoms with Gasteiger partial charge in [-0.15, -0.1) is 11.8 Å². The minimum atomic E-state index is 0.0177. The van der Waals surface area contributed by atoms with Crippen LogP contribution in [-0.2, 0) is 14.3 Å². The molecule has 2 fully saturated rings. The molecule has 0 unspecified atom stereocenters. The van der Waals surface area contributed by atoms with Crippen molar-refractivity contribution in [3.63, 3.8) is 0 Å². The van der Waals surface area contributed by atoms with Gasteiger partial charge in [0, 0.05) is 38.8 Å². The summed E-state index contributed by atoms with van der Waals surface area (Å²) >= 11 is 1.90. The lowest BCUT2D eigenvalue weighted by molar-refractivity contribution is -0.138. The van der Waals surface area contributed by atoms with Crippen molar-refractivity contribution < 1.29 is 14.3 Å². The fraction of sp³-hybridized carbons (Fsp3) is 0.900. The summed E-state index contributed by atoms with van der Waals surface area (Å²) in [6.45, 7) is 2.65. The van der Waals surface area contributed by atoms with E-state index in [1.165, 1.54) is 0 Å². The molecule has 2 rings (SSSR count). The van der Waals surface area contributed by atoms with Gasteiger partial charge in [0.25, 0.3) is 0 Å². The largest absolute Gasteiger partial charge is 0.375 e. The maximum atomic E-state index is 11.6. The minimum Gasteiger partial charge on any atom is -0.375 e. The quantitative estimate of drug-likeness (QED) is 0.702. The highest BCUT2D eigenvalue weighted by atomic mass is 32.2. The molecule has 0 aliphatic carbocycles. The topological polar surface area (TPSA) is 38.8 Å². The van der Waals surface area contributed by atoms with Crippen molar-refractivity contribution in [3.8, 4) is 0 Å². The molecule has 2 heterocycles. The number of ether oxygens (including phenoxy) is 2. The zero-order chi connectivity index (χ0) is 10.7. The molecule has 0 aromatic heterocycles. The number of likely N-dealkylation sites (tertiary alicyclic amines) is 1. The van der Waals surface area contributed by atoms with Gasteiger partial charge < -0.3 is 14.4 Å².